The van der Waals surface area contributed by atoms with Crippen LogP contribution in [0.25, 0.3) is 0 Å². The number of hydrogen-bond acceptors (Lipinski definition) is 4. The fourth-order valence-electron chi connectivity index (χ4n) is 1.90. The van der Waals surface area contributed by atoms with Crippen LogP contribution in [0.1, 0.15) is 18.5 Å². The Morgan fingerprint density at radius 1 is 1.30 bits per heavy atom. The van der Waals surface area contributed by atoms with Crippen molar-refractivity contribution < 1.29 is 13.9 Å². The average molecular weight is 284 g/mol. The summed E-state index contributed by atoms with van der Waals surface area (Å²) in [4.78, 5) is 2.19. The SMILES string of the molecule is COCCN(C)CCNC(C)c1ccc(OC)c(F)c1. The van der Waals surface area contributed by atoms with E-state index in [4.69, 9.17) is 9.47 Å². The highest BCUT2D eigenvalue weighted by atomic mass is 19.1. The molecular formula is C15H25FN2O2. The summed E-state index contributed by atoms with van der Waals surface area (Å²) < 4.78 is 23.6. The number of likely N-dealkylation sites (N-methyl/N-ethyl adjacent to an activating group) is 1. The number of hydrogen-bond donors (Lipinski definition) is 1. The number of methoxy groups -OCH3 is 2. The molecule has 0 aliphatic rings. The molecule has 1 aromatic rings. The van der Waals surface area contributed by atoms with Crippen molar-refractivity contribution in [3.8, 4) is 5.75 Å². The Bertz CT molecular complexity index is 401. The molecular weight excluding hydrogens is 259 g/mol. The molecule has 0 aliphatic carbocycles. The Morgan fingerprint density at radius 3 is 2.65 bits per heavy atom. The van der Waals surface area contributed by atoms with E-state index in [2.05, 4.69) is 17.3 Å². The van der Waals surface area contributed by atoms with Gasteiger partial charge in [0.2, 0.25) is 0 Å². The summed E-state index contributed by atoms with van der Waals surface area (Å²) in [5, 5.41) is 3.38. The fourth-order valence-corrected chi connectivity index (χ4v) is 1.90. The fraction of sp³-hybridized carbons (Fsp3) is 0.600. The Balaban J connectivity index is 2.39. The van der Waals surface area contributed by atoms with Gasteiger partial charge in [-0.05, 0) is 31.7 Å². The van der Waals surface area contributed by atoms with Crippen LogP contribution in [0.15, 0.2) is 18.2 Å². The minimum Gasteiger partial charge on any atom is -0.494 e. The third kappa shape index (κ3) is 5.45. The third-order valence-corrected chi connectivity index (χ3v) is 3.30. The van der Waals surface area contributed by atoms with Crippen LogP contribution in [-0.4, -0.2) is 52.4 Å². The molecule has 0 fully saturated rings. The number of benzene rings is 1. The van der Waals surface area contributed by atoms with E-state index in [1.807, 2.05) is 13.0 Å². The van der Waals surface area contributed by atoms with Crippen molar-refractivity contribution in [2.24, 2.45) is 0 Å². The molecule has 1 rings (SSSR count). The lowest BCUT2D eigenvalue weighted by Crippen LogP contribution is -2.32. The minimum atomic E-state index is -0.323. The standard InChI is InChI=1S/C15H25FN2O2/c1-12(17-7-8-18(2)9-10-19-3)13-5-6-15(20-4)14(16)11-13/h5-6,11-12,17H,7-10H2,1-4H3. The van der Waals surface area contributed by atoms with Crippen LogP contribution in [-0.2, 0) is 4.74 Å². The number of ether oxygens (including phenoxy) is 2. The topological polar surface area (TPSA) is 33.7 Å². The van der Waals surface area contributed by atoms with Crippen LogP contribution in [0.5, 0.6) is 5.75 Å². The lowest BCUT2D eigenvalue weighted by molar-refractivity contribution is 0.161. The van der Waals surface area contributed by atoms with Gasteiger partial charge in [0.05, 0.1) is 13.7 Å². The second kappa shape index (κ2) is 8.89. The molecule has 0 aliphatic heterocycles. The lowest BCUT2D eigenvalue weighted by atomic mass is 10.1. The zero-order valence-electron chi connectivity index (χ0n) is 12.8. The first-order valence-electron chi connectivity index (χ1n) is 6.82. The Morgan fingerprint density at radius 2 is 2.05 bits per heavy atom. The third-order valence-electron chi connectivity index (χ3n) is 3.30. The van der Waals surface area contributed by atoms with E-state index in [1.165, 1.54) is 13.2 Å². The predicted molar refractivity (Wildman–Crippen MR) is 78.7 cm³/mol. The predicted octanol–water partition coefficient (Wildman–Crippen LogP) is 2.06. The van der Waals surface area contributed by atoms with Gasteiger partial charge in [-0.15, -0.1) is 0 Å². The molecule has 1 atom stereocenters. The van der Waals surface area contributed by atoms with Crippen molar-refractivity contribution in [1.82, 2.24) is 10.2 Å². The molecule has 0 saturated carbocycles. The average Bonchev–Trinajstić information content (AvgIpc) is 2.44. The van der Waals surface area contributed by atoms with Crippen LogP contribution in [0, 0.1) is 5.82 Å². The van der Waals surface area contributed by atoms with Crippen molar-refractivity contribution in [3.63, 3.8) is 0 Å². The van der Waals surface area contributed by atoms with Crippen LogP contribution in [0.4, 0.5) is 4.39 Å². The molecule has 4 nitrogen and oxygen atoms in total. The first kappa shape index (κ1) is 16.9. The molecule has 0 radical (unpaired) electrons. The molecule has 0 bridgehead atoms. The molecule has 0 heterocycles. The second-order valence-corrected chi connectivity index (χ2v) is 4.87. The van der Waals surface area contributed by atoms with E-state index >= 15 is 0 Å². The summed E-state index contributed by atoms with van der Waals surface area (Å²) >= 11 is 0. The van der Waals surface area contributed by atoms with Crippen molar-refractivity contribution in [2.45, 2.75) is 13.0 Å². The number of nitrogens with zero attached hydrogens (tertiary/aromatic N) is 1. The van der Waals surface area contributed by atoms with E-state index in [0.29, 0.717) is 0 Å². The van der Waals surface area contributed by atoms with Crippen LogP contribution in [0.3, 0.4) is 0 Å². The van der Waals surface area contributed by atoms with Gasteiger partial charge in [0, 0.05) is 32.8 Å². The molecule has 0 amide bonds. The molecule has 0 saturated heterocycles. The summed E-state index contributed by atoms with van der Waals surface area (Å²) in [6, 6.07) is 5.17. The maximum absolute atomic E-state index is 13.6. The van der Waals surface area contributed by atoms with E-state index in [0.717, 1.165) is 31.8 Å². The van der Waals surface area contributed by atoms with Crippen molar-refractivity contribution >= 4 is 0 Å². The number of nitrogens with one attached hydrogen (secondary N) is 1. The summed E-state index contributed by atoms with van der Waals surface area (Å²) in [6.45, 7) is 5.43. The molecule has 1 N–H and O–H groups in total. The number of rotatable bonds is 9. The zero-order valence-corrected chi connectivity index (χ0v) is 12.8. The zero-order chi connectivity index (χ0) is 15.0. The van der Waals surface area contributed by atoms with Crippen LogP contribution < -0.4 is 10.1 Å². The van der Waals surface area contributed by atoms with E-state index in [-0.39, 0.29) is 17.6 Å². The van der Waals surface area contributed by atoms with Gasteiger partial charge in [-0.25, -0.2) is 4.39 Å². The monoisotopic (exact) mass is 284 g/mol. The Kier molecular flexibility index (Phi) is 7.51. The number of halogens is 1. The summed E-state index contributed by atoms with van der Waals surface area (Å²) in [6.07, 6.45) is 0. The largest absolute Gasteiger partial charge is 0.494 e. The maximum Gasteiger partial charge on any atom is 0.165 e. The van der Waals surface area contributed by atoms with Crippen molar-refractivity contribution in [2.75, 3.05) is 47.5 Å². The quantitative estimate of drug-likeness (QED) is 0.752. The molecule has 1 aromatic carbocycles. The maximum atomic E-state index is 13.6. The van der Waals surface area contributed by atoms with Gasteiger partial charge in [-0.3, -0.25) is 0 Å². The summed E-state index contributed by atoms with van der Waals surface area (Å²) in [5.74, 6) is -0.0453. The normalized spacial score (nSPS) is 12.7. The molecule has 5 heteroatoms. The van der Waals surface area contributed by atoms with Gasteiger partial charge in [0.1, 0.15) is 0 Å². The minimum absolute atomic E-state index is 0.103. The summed E-state index contributed by atoms with van der Waals surface area (Å²) in [5.41, 5.74) is 0.919. The molecule has 0 spiro atoms. The van der Waals surface area contributed by atoms with Crippen molar-refractivity contribution in [1.29, 1.82) is 0 Å². The highest BCUT2D eigenvalue weighted by Gasteiger charge is 2.09. The molecule has 114 valence electrons. The van der Waals surface area contributed by atoms with Gasteiger partial charge in [0.15, 0.2) is 11.6 Å². The smallest absolute Gasteiger partial charge is 0.165 e. The van der Waals surface area contributed by atoms with Gasteiger partial charge in [0.25, 0.3) is 0 Å². The highest BCUT2D eigenvalue weighted by Crippen LogP contribution is 2.21. The Hall–Kier alpha value is -1.17. The second-order valence-electron chi connectivity index (χ2n) is 4.87. The van der Waals surface area contributed by atoms with Gasteiger partial charge in [-0.1, -0.05) is 6.07 Å². The van der Waals surface area contributed by atoms with E-state index < -0.39 is 0 Å². The van der Waals surface area contributed by atoms with Crippen molar-refractivity contribution in [3.05, 3.63) is 29.6 Å². The summed E-state index contributed by atoms with van der Waals surface area (Å²) in [7, 11) is 5.22. The Labute approximate surface area is 120 Å². The molecule has 0 aromatic heterocycles. The van der Waals surface area contributed by atoms with Crippen LogP contribution in [0.2, 0.25) is 0 Å². The highest BCUT2D eigenvalue weighted by molar-refractivity contribution is 5.30. The van der Waals surface area contributed by atoms with Crippen LogP contribution >= 0.6 is 0 Å². The van der Waals surface area contributed by atoms with Gasteiger partial charge in [-0.2, -0.15) is 0 Å². The van der Waals surface area contributed by atoms with E-state index in [1.54, 1.807) is 13.2 Å². The van der Waals surface area contributed by atoms with Gasteiger partial charge < -0.3 is 19.7 Å². The first-order valence-corrected chi connectivity index (χ1v) is 6.82. The lowest BCUT2D eigenvalue weighted by Gasteiger charge is -2.19. The molecule has 1 unspecified atom stereocenters. The van der Waals surface area contributed by atoms with Gasteiger partial charge >= 0.3 is 0 Å². The van der Waals surface area contributed by atoms with E-state index in [9.17, 15) is 4.39 Å². The molecule has 20 heavy (non-hydrogen) atoms. The first-order chi connectivity index (χ1) is 9.58.